The predicted molar refractivity (Wildman–Crippen MR) is 84.0 cm³/mol. The largest absolute Gasteiger partial charge is 0.493 e. The standard InChI is InChI=1S/C17H28N2O/c1-13(2)19-9-8-15(11-19)16(10-18)12-20-17-6-4-14(3)5-7-17/h4-7,13,15-16H,8-12,18H2,1-3H3. The first-order valence-electron chi connectivity index (χ1n) is 7.73. The summed E-state index contributed by atoms with van der Waals surface area (Å²) in [7, 11) is 0. The van der Waals surface area contributed by atoms with E-state index >= 15 is 0 Å². The summed E-state index contributed by atoms with van der Waals surface area (Å²) in [6.45, 7) is 10.4. The van der Waals surface area contributed by atoms with Gasteiger partial charge < -0.3 is 15.4 Å². The zero-order chi connectivity index (χ0) is 14.5. The Morgan fingerprint density at radius 3 is 2.55 bits per heavy atom. The van der Waals surface area contributed by atoms with Crippen LogP contribution in [0.1, 0.15) is 25.8 Å². The highest BCUT2D eigenvalue weighted by Gasteiger charge is 2.30. The van der Waals surface area contributed by atoms with Crippen LogP contribution in [0.3, 0.4) is 0 Å². The van der Waals surface area contributed by atoms with E-state index in [1.165, 1.54) is 18.5 Å². The van der Waals surface area contributed by atoms with Crippen LogP contribution in [0.15, 0.2) is 24.3 Å². The lowest BCUT2D eigenvalue weighted by atomic mass is 9.92. The first-order valence-corrected chi connectivity index (χ1v) is 7.73. The predicted octanol–water partition coefficient (Wildman–Crippen LogP) is 2.68. The van der Waals surface area contributed by atoms with Crippen LogP contribution in [0.25, 0.3) is 0 Å². The van der Waals surface area contributed by atoms with Crippen molar-refractivity contribution in [2.24, 2.45) is 17.6 Å². The molecule has 1 saturated heterocycles. The lowest BCUT2D eigenvalue weighted by molar-refractivity contribution is 0.188. The summed E-state index contributed by atoms with van der Waals surface area (Å²) in [5.74, 6) is 2.08. The van der Waals surface area contributed by atoms with E-state index in [2.05, 4.69) is 37.8 Å². The van der Waals surface area contributed by atoms with E-state index in [0.717, 1.165) is 18.9 Å². The van der Waals surface area contributed by atoms with E-state index in [1.807, 2.05) is 12.1 Å². The average molecular weight is 276 g/mol. The van der Waals surface area contributed by atoms with Crippen LogP contribution in [0.5, 0.6) is 5.75 Å². The Hall–Kier alpha value is -1.06. The maximum absolute atomic E-state index is 5.96. The van der Waals surface area contributed by atoms with Gasteiger partial charge in [-0.3, -0.25) is 0 Å². The van der Waals surface area contributed by atoms with Crippen LogP contribution in [-0.4, -0.2) is 37.2 Å². The summed E-state index contributed by atoms with van der Waals surface area (Å²) in [6.07, 6.45) is 1.25. The number of rotatable bonds is 6. The molecule has 1 heterocycles. The van der Waals surface area contributed by atoms with Crippen molar-refractivity contribution in [1.82, 2.24) is 4.90 Å². The molecule has 2 unspecified atom stereocenters. The molecule has 112 valence electrons. The van der Waals surface area contributed by atoms with E-state index in [1.54, 1.807) is 0 Å². The third kappa shape index (κ3) is 3.97. The summed E-state index contributed by atoms with van der Waals surface area (Å²) in [4.78, 5) is 2.54. The van der Waals surface area contributed by atoms with E-state index in [-0.39, 0.29) is 0 Å². The number of aryl methyl sites for hydroxylation is 1. The Morgan fingerprint density at radius 2 is 2.00 bits per heavy atom. The minimum atomic E-state index is 0.458. The number of ether oxygens (including phenoxy) is 1. The first kappa shape index (κ1) is 15.3. The second-order valence-corrected chi connectivity index (χ2v) is 6.26. The number of benzene rings is 1. The quantitative estimate of drug-likeness (QED) is 0.868. The van der Waals surface area contributed by atoms with Crippen LogP contribution in [-0.2, 0) is 0 Å². The van der Waals surface area contributed by atoms with Gasteiger partial charge in [0, 0.05) is 18.5 Å². The third-order valence-corrected chi connectivity index (χ3v) is 4.44. The van der Waals surface area contributed by atoms with Crippen LogP contribution in [0, 0.1) is 18.8 Å². The molecular formula is C17H28N2O. The van der Waals surface area contributed by atoms with Gasteiger partial charge in [0.1, 0.15) is 5.75 Å². The SMILES string of the molecule is Cc1ccc(OCC(CN)C2CCN(C(C)C)C2)cc1. The Balaban J connectivity index is 1.85. The van der Waals surface area contributed by atoms with Gasteiger partial charge in [-0.1, -0.05) is 17.7 Å². The number of nitrogens with zero attached hydrogens (tertiary/aromatic N) is 1. The first-order chi connectivity index (χ1) is 9.60. The normalized spacial score (nSPS) is 21.4. The molecule has 2 N–H and O–H groups in total. The maximum atomic E-state index is 5.96. The second kappa shape index (κ2) is 7.09. The third-order valence-electron chi connectivity index (χ3n) is 4.44. The number of hydrogen-bond acceptors (Lipinski definition) is 3. The molecule has 1 aromatic rings. The van der Waals surface area contributed by atoms with Crippen molar-refractivity contribution < 1.29 is 4.74 Å². The molecule has 0 bridgehead atoms. The van der Waals surface area contributed by atoms with Crippen LogP contribution >= 0.6 is 0 Å². The highest BCUT2D eigenvalue weighted by Crippen LogP contribution is 2.26. The molecule has 2 atom stereocenters. The molecule has 1 aliphatic heterocycles. The molecule has 1 fully saturated rings. The summed E-state index contributed by atoms with van der Waals surface area (Å²) >= 11 is 0. The average Bonchev–Trinajstić information content (AvgIpc) is 2.91. The van der Waals surface area contributed by atoms with Crippen LogP contribution in [0.2, 0.25) is 0 Å². The Kier molecular flexibility index (Phi) is 5.44. The summed E-state index contributed by atoms with van der Waals surface area (Å²) < 4.78 is 5.92. The molecule has 3 heteroatoms. The van der Waals surface area contributed by atoms with E-state index < -0.39 is 0 Å². The molecule has 0 aromatic heterocycles. The smallest absolute Gasteiger partial charge is 0.119 e. The maximum Gasteiger partial charge on any atom is 0.119 e. The van der Waals surface area contributed by atoms with Gasteiger partial charge in [0.25, 0.3) is 0 Å². The minimum Gasteiger partial charge on any atom is -0.493 e. The summed E-state index contributed by atoms with van der Waals surface area (Å²) in [6, 6.07) is 8.89. The number of hydrogen-bond donors (Lipinski definition) is 1. The molecule has 20 heavy (non-hydrogen) atoms. The topological polar surface area (TPSA) is 38.5 Å². The molecule has 0 aliphatic carbocycles. The zero-order valence-corrected chi connectivity index (χ0v) is 13.0. The van der Waals surface area contributed by atoms with Gasteiger partial charge in [-0.05, 0) is 58.3 Å². The summed E-state index contributed by atoms with van der Waals surface area (Å²) in [5, 5.41) is 0. The fraction of sp³-hybridized carbons (Fsp3) is 0.647. The lowest BCUT2D eigenvalue weighted by Gasteiger charge is -2.24. The van der Waals surface area contributed by atoms with E-state index in [4.69, 9.17) is 10.5 Å². The highest BCUT2D eigenvalue weighted by atomic mass is 16.5. The van der Waals surface area contributed by atoms with E-state index in [9.17, 15) is 0 Å². The Morgan fingerprint density at radius 1 is 1.30 bits per heavy atom. The van der Waals surface area contributed by atoms with Crippen molar-refractivity contribution >= 4 is 0 Å². The van der Waals surface area contributed by atoms with Gasteiger partial charge >= 0.3 is 0 Å². The molecule has 0 radical (unpaired) electrons. The zero-order valence-electron chi connectivity index (χ0n) is 13.0. The van der Waals surface area contributed by atoms with Crippen molar-refractivity contribution in [3.8, 4) is 5.75 Å². The van der Waals surface area contributed by atoms with Gasteiger partial charge in [-0.25, -0.2) is 0 Å². The van der Waals surface area contributed by atoms with Crippen molar-refractivity contribution in [3.05, 3.63) is 29.8 Å². The van der Waals surface area contributed by atoms with Gasteiger partial charge in [-0.2, -0.15) is 0 Å². The highest BCUT2D eigenvalue weighted by molar-refractivity contribution is 5.26. The van der Waals surface area contributed by atoms with Gasteiger partial charge in [0.05, 0.1) is 6.61 Å². The van der Waals surface area contributed by atoms with Crippen molar-refractivity contribution in [2.45, 2.75) is 33.2 Å². The molecule has 1 aliphatic rings. The van der Waals surface area contributed by atoms with Crippen LogP contribution in [0.4, 0.5) is 0 Å². The van der Waals surface area contributed by atoms with Crippen molar-refractivity contribution in [2.75, 3.05) is 26.2 Å². The van der Waals surface area contributed by atoms with Gasteiger partial charge in [0.2, 0.25) is 0 Å². The molecule has 0 amide bonds. The molecule has 0 saturated carbocycles. The van der Waals surface area contributed by atoms with Crippen molar-refractivity contribution in [3.63, 3.8) is 0 Å². The second-order valence-electron chi connectivity index (χ2n) is 6.26. The fourth-order valence-electron chi connectivity index (χ4n) is 2.90. The lowest BCUT2D eigenvalue weighted by Crippen LogP contribution is -2.33. The van der Waals surface area contributed by atoms with Gasteiger partial charge in [-0.15, -0.1) is 0 Å². The monoisotopic (exact) mass is 276 g/mol. The molecular weight excluding hydrogens is 248 g/mol. The molecule has 2 rings (SSSR count). The molecule has 1 aromatic carbocycles. The molecule has 3 nitrogen and oxygen atoms in total. The molecule has 0 spiro atoms. The summed E-state index contributed by atoms with van der Waals surface area (Å²) in [5.41, 5.74) is 7.22. The number of nitrogens with two attached hydrogens (primary N) is 1. The Labute approximate surface area is 123 Å². The number of likely N-dealkylation sites (tertiary alicyclic amines) is 1. The van der Waals surface area contributed by atoms with Gasteiger partial charge in [0.15, 0.2) is 0 Å². The Bertz CT molecular complexity index is 402. The minimum absolute atomic E-state index is 0.458. The van der Waals surface area contributed by atoms with Crippen molar-refractivity contribution in [1.29, 1.82) is 0 Å². The van der Waals surface area contributed by atoms with Crippen LogP contribution < -0.4 is 10.5 Å². The fourth-order valence-corrected chi connectivity index (χ4v) is 2.90. The van der Waals surface area contributed by atoms with E-state index in [0.29, 0.717) is 24.4 Å².